The fraction of sp³-hybridized carbons (Fsp3) is 0.267. The Labute approximate surface area is 134 Å². The lowest BCUT2D eigenvalue weighted by Gasteiger charge is -2.11. The van der Waals surface area contributed by atoms with Gasteiger partial charge in [0.2, 0.25) is 5.95 Å². The fourth-order valence-electron chi connectivity index (χ4n) is 2.25. The average molecular weight is 337 g/mol. The van der Waals surface area contributed by atoms with Crippen LogP contribution in [-0.2, 0) is 6.18 Å². The molecule has 0 radical (unpaired) electrons. The van der Waals surface area contributed by atoms with Crippen molar-refractivity contribution in [1.29, 1.82) is 0 Å². The molecule has 9 heteroatoms. The summed E-state index contributed by atoms with van der Waals surface area (Å²) in [5.74, 6) is 0.287. The third-order valence-electron chi connectivity index (χ3n) is 3.40. The van der Waals surface area contributed by atoms with Gasteiger partial charge in [-0.1, -0.05) is 0 Å². The lowest BCUT2D eigenvalue weighted by Crippen LogP contribution is -2.16. The van der Waals surface area contributed by atoms with Crippen molar-refractivity contribution in [2.24, 2.45) is 0 Å². The third kappa shape index (κ3) is 3.30. The van der Waals surface area contributed by atoms with Gasteiger partial charge < -0.3 is 10.4 Å². The summed E-state index contributed by atoms with van der Waals surface area (Å²) in [4.78, 5) is 8.13. The smallest absolute Gasteiger partial charge is 0.392 e. The van der Waals surface area contributed by atoms with E-state index in [1.165, 1.54) is 18.6 Å². The highest BCUT2D eigenvalue weighted by Gasteiger charge is 2.31. The van der Waals surface area contributed by atoms with Crippen LogP contribution in [0.25, 0.3) is 22.0 Å². The summed E-state index contributed by atoms with van der Waals surface area (Å²) in [5, 5.41) is 18.9. The number of anilines is 1. The molecular weight excluding hydrogens is 323 g/mol. The molecule has 0 fully saturated rings. The van der Waals surface area contributed by atoms with Crippen LogP contribution in [0, 0.1) is 0 Å². The van der Waals surface area contributed by atoms with Crippen molar-refractivity contribution in [2.45, 2.75) is 19.2 Å². The van der Waals surface area contributed by atoms with Crippen molar-refractivity contribution in [3.63, 3.8) is 0 Å². The van der Waals surface area contributed by atoms with Gasteiger partial charge in [0.1, 0.15) is 0 Å². The minimum Gasteiger partial charge on any atom is -0.392 e. The zero-order valence-corrected chi connectivity index (χ0v) is 12.6. The van der Waals surface area contributed by atoms with Crippen molar-refractivity contribution in [2.75, 3.05) is 11.9 Å². The predicted octanol–water partition coefficient (Wildman–Crippen LogP) is 2.83. The largest absolute Gasteiger partial charge is 0.416 e. The Hall–Kier alpha value is -2.68. The van der Waals surface area contributed by atoms with E-state index in [-0.39, 0.29) is 18.0 Å². The van der Waals surface area contributed by atoms with Gasteiger partial charge in [-0.05, 0) is 24.6 Å². The number of halogens is 3. The van der Waals surface area contributed by atoms with E-state index in [0.29, 0.717) is 16.5 Å². The first-order valence-electron chi connectivity index (χ1n) is 7.13. The lowest BCUT2D eigenvalue weighted by atomic mass is 10.0. The van der Waals surface area contributed by atoms with Crippen molar-refractivity contribution in [3.8, 4) is 11.1 Å². The molecule has 3 rings (SSSR count). The van der Waals surface area contributed by atoms with Gasteiger partial charge in [-0.15, -0.1) is 0 Å². The highest BCUT2D eigenvalue weighted by atomic mass is 19.4. The first kappa shape index (κ1) is 16.2. The van der Waals surface area contributed by atoms with Crippen LogP contribution in [0.2, 0.25) is 0 Å². The molecule has 24 heavy (non-hydrogen) atoms. The summed E-state index contributed by atoms with van der Waals surface area (Å²) in [6, 6.07) is 2.07. The van der Waals surface area contributed by atoms with E-state index < -0.39 is 17.8 Å². The van der Waals surface area contributed by atoms with Gasteiger partial charge in [-0.2, -0.15) is 18.3 Å². The summed E-state index contributed by atoms with van der Waals surface area (Å²) in [7, 11) is 0. The maximum Gasteiger partial charge on any atom is 0.416 e. The molecule has 0 saturated heterocycles. The Balaban J connectivity index is 2.00. The number of hydrogen-bond donors (Lipinski definition) is 3. The maximum absolute atomic E-state index is 13.1. The monoisotopic (exact) mass is 337 g/mol. The summed E-state index contributed by atoms with van der Waals surface area (Å²) < 4.78 is 39.2. The number of nitrogens with zero attached hydrogens (tertiary/aromatic N) is 3. The Bertz CT molecular complexity index is 842. The maximum atomic E-state index is 13.1. The Morgan fingerprint density at radius 3 is 2.54 bits per heavy atom. The molecule has 0 unspecified atom stereocenters. The lowest BCUT2D eigenvalue weighted by molar-refractivity contribution is -0.137. The minimum absolute atomic E-state index is 0.273. The van der Waals surface area contributed by atoms with E-state index in [9.17, 15) is 18.3 Å². The molecule has 0 aliphatic carbocycles. The number of fused-ring (bicyclic) bond motifs is 1. The third-order valence-corrected chi connectivity index (χ3v) is 3.40. The molecule has 0 aliphatic rings. The van der Waals surface area contributed by atoms with Crippen LogP contribution < -0.4 is 5.32 Å². The van der Waals surface area contributed by atoms with Crippen molar-refractivity contribution >= 4 is 16.9 Å². The zero-order valence-electron chi connectivity index (χ0n) is 12.6. The summed E-state index contributed by atoms with van der Waals surface area (Å²) in [6.45, 7) is 1.88. The Morgan fingerprint density at radius 1 is 1.21 bits per heavy atom. The van der Waals surface area contributed by atoms with Gasteiger partial charge in [-0.25, -0.2) is 9.97 Å². The highest BCUT2D eigenvalue weighted by molar-refractivity contribution is 5.94. The van der Waals surface area contributed by atoms with Crippen LogP contribution in [0.15, 0.2) is 30.7 Å². The number of aliphatic hydroxyl groups is 1. The molecule has 0 amide bonds. The second-order valence-electron chi connectivity index (χ2n) is 5.38. The second-order valence-corrected chi connectivity index (χ2v) is 5.38. The zero-order chi connectivity index (χ0) is 17.3. The number of alkyl halides is 3. The van der Waals surface area contributed by atoms with E-state index in [1.54, 1.807) is 6.92 Å². The van der Waals surface area contributed by atoms with Crippen molar-refractivity contribution in [3.05, 3.63) is 36.3 Å². The number of hydrogen-bond acceptors (Lipinski definition) is 5. The molecule has 6 nitrogen and oxygen atoms in total. The number of rotatable bonds is 4. The predicted molar refractivity (Wildman–Crippen MR) is 82.3 cm³/mol. The van der Waals surface area contributed by atoms with E-state index >= 15 is 0 Å². The molecule has 2 heterocycles. The number of aromatic amines is 1. The van der Waals surface area contributed by atoms with E-state index in [2.05, 4.69) is 25.5 Å². The highest BCUT2D eigenvalue weighted by Crippen LogP contribution is 2.36. The topological polar surface area (TPSA) is 86.7 Å². The minimum atomic E-state index is -4.46. The first-order valence-corrected chi connectivity index (χ1v) is 7.13. The summed E-state index contributed by atoms with van der Waals surface area (Å²) in [5.41, 5.74) is 0.299. The van der Waals surface area contributed by atoms with Gasteiger partial charge in [0.05, 0.1) is 23.4 Å². The molecular formula is C15H14F3N5O. The molecule has 3 N–H and O–H groups in total. The normalized spacial score (nSPS) is 13.2. The van der Waals surface area contributed by atoms with Gasteiger partial charge >= 0.3 is 6.18 Å². The van der Waals surface area contributed by atoms with Crippen LogP contribution in [-0.4, -0.2) is 37.9 Å². The molecule has 0 saturated carbocycles. The fourth-order valence-corrected chi connectivity index (χ4v) is 2.25. The molecule has 0 aliphatic heterocycles. The van der Waals surface area contributed by atoms with Crippen LogP contribution in [0.5, 0.6) is 0 Å². The van der Waals surface area contributed by atoms with Crippen LogP contribution in [0.3, 0.4) is 0 Å². The molecule has 2 aromatic heterocycles. The second kappa shape index (κ2) is 6.08. The molecule has 1 atom stereocenters. The number of nitrogens with one attached hydrogen (secondary N) is 2. The van der Waals surface area contributed by atoms with Crippen molar-refractivity contribution < 1.29 is 18.3 Å². The summed E-state index contributed by atoms with van der Waals surface area (Å²) >= 11 is 0. The van der Waals surface area contributed by atoms with Gasteiger partial charge in [0, 0.05) is 29.9 Å². The summed E-state index contributed by atoms with van der Waals surface area (Å²) in [6.07, 6.45) is -0.709. The van der Waals surface area contributed by atoms with Crippen LogP contribution in [0.4, 0.5) is 19.1 Å². The molecule has 3 aromatic rings. The quantitative estimate of drug-likeness (QED) is 0.681. The Kier molecular flexibility index (Phi) is 4.10. The van der Waals surface area contributed by atoms with Gasteiger partial charge in [-0.3, -0.25) is 5.10 Å². The number of H-pyrrole nitrogens is 1. The van der Waals surface area contributed by atoms with E-state index in [0.717, 1.165) is 12.1 Å². The van der Waals surface area contributed by atoms with Crippen molar-refractivity contribution in [1.82, 2.24) is 20.2 Å². The molecule has 0 bridgehead atoms. The van der Waals surface area contributed by atoms with Crippen LogP contribution >= 0.6 is 0 Å². The SMILES string of the molecule is C[C@@H](O)CNc1ncc(-c2cc(C(F)(F)F)cc3[nH]ncc23)cn1. The first-order chi connectivity index (χ1) is 11.3. The van der Waals surface area contributed by atoms with E-state index in [4.69, 9.17) is 0 Å². The molecule has 126 valence electrons. The number of aliphatic hydroxyl groups excluding tert-OH is 1. The Morgan fingerprint density at radius 2 is 1.92 bits per heavy atom. The number of aromatic nitrogens is 4. The standard InChI is InChI=1S/C15H14F3N5O/c1-8(24)4-19-14-20-5-9(6-21-14)11-2-10(15(16,17)18)3-13-12(11)7-22-23-13/h2-3,5-8,24H,4H2,1H3,(H,22,23)(H,19,20,21)/t8-/m1/s1. The van der Waals surface area contributed by atoms with Gasteiger partial charge in [0.25, 0.3) is 0 Å². The average Bonchev–Trinajstić information content (AvgIpc) is 3.00. The molecule has 0 spiro atoms. The van der Waals surface area contributed by atoms with E-state index in [1.807, 2.05) is 0 Å². The molecule has 1 aromatic carbocycles. The van der Waals surface area contributed by atoms with Gasteiger partial charge in [0.15, 0.2) is 0 Å². The number of benzene rings is 1. The van der Waals surface area contributed by atoms with Crippen LogP contribution in [0.1, 0.15) is 12.5 Å².